The van der Waals surface area contributed by atoms with Gasteiger partial charge in [-0.25, -0.2) is 0 Å². The van der Waals surface area contributed by atoms with Gasteiger partial charge >= 0.3 is 0 Å². The number of hydrogen-bond donors (Lipinski definition) is 1. The van der Waals surface area contributed by atoms with Crippen molar-refractivity contribution in [3.63, 3.8) is 0 Å². The molecule has 1 N–H and O–H groups in total. The van der Waals surface area contributed by atoms with Crippen LogP contribution in [0.25, 0.3) is 0 Å². The minimum atomic E-state index is -0.0675. The molecule has 0 spiro atoms. The normalized spacial score (nSPS) is 15.5. The van der Waals surface area contributed by atoms with Gasteiger partial charge in [0.05, 0.1) is 32.1 Å². The summed E-state index contributed by atoms with van der Waals surface area (Å²) in [5.74, 6) is 2.04. The van der Waals surface area contributed by atoms with Gasteiger partial charge in [-0.2, -0.15) is 0 Å². The molecule has 0 radical (unpaired) electrons. The molecule has 0 saturated carbocycles. The Labute approximate surface area is 159 Å². The highest BCUT2D eigenvalue weighted by Gasteiger charge is 2.20. The number of rotatable bonds is 7. The molecule has 146 valence electrons. The molecule has 27 heavy (non-hydrogen) atoms. The maximum absolute atomic E-state index is 12.4. The number of benzene rings is 1. The second-order valence-electron chi connectivity index (χ2n) is 6.60. The van der Waals surface area contributed by atoms with E-state index in [-0.39, 0.29) is 5.91 Å². The largest absolute Gasteiger partial charge is 0.497 e. The summed E-state index contributed by atoms with van der Waals surface area (Å²) in [6, 6.07) is 7.29. The average molecular weight is 374 g/mol. The molecule has 1 aromatic heterocycles. The van der Waals surface area contributed by atoms with Gasteiger partial charge in [-0.05, 0) is 19.1 Å². The third-order valence-electron chi connectivity index (χ3n) is 4.58. The van der Waals surface area contributed by atoms with E-state index in [4.69, 9.17) is 14.0 Å². The van der Waals surface area contributed by atoms with Crippen LogP contribution in [0.4, 0.5) is 5.69 Å². The topological polar surface area (TPSA) is 80.1 Å². The Morgan fingerprint density at radius 2 is 1.89 bits per heavy atom. The highest BCUT2D eigenvalue weighted by Crippen LogP contribution is 2.28. The monoisotopic (exact) mass is 374 g/mol. The zero-order chi connectivity index (χ0) is 19.2. The van der Waals surface area contributed by atoms with Crippen molar-refractivity contribution in [2.45, 2.75) is 13.5 Å². The first kappa shape index (κ1) is 19.2. The summed E-state index contributed by atoms with van der Waals surface area (Å²) in [7, 11) is 3.17. The van der Waals surface area contributed by atoms with Crippen LogP contribution in [0.15, 0.2) is 28.8 Å². The van der Waals surface area contributed by atoms with E-state index in [0.717, 1.165) is 44.2 Å². The standard InChI is InChI=1S/C19H26N4O4/c1-14-10-15(21-27-14)12-22-6-8-23(9-7-22)13-19(24)20-17-11-16(25-2)4-5-18(17)26-3/h4-5,10-11H,6-9,12-13H2,1-3H3,(H,20,24). The van der Waals surface area contributed by atoms with Crippen LogP contribution in [-0.2, 0) is 11.3 Å². The van der Waals surface area contributed by atoms with Crippen molar-refractivity contribution in [3.8, 4) is 11.5 Å². The Hall–Kier alpha value is -2.58. The second-order valence-corrected chi connectivity index (χ2v) is 6.60. The summed E-state index contributed by atoms with van der Waals surface area (Å²) < 4.78 is 15.6. The minimum absolute atomic E-state index is 0.0675. The molecule has 1 amide bonds. The highest BCUT2D eigenvalue weighted by atomic mass is 16.5. The molecule has 0 bridgehead atoms. The number of carbonyl (C=O) groups is 1. The van der Waals surface area contributed by atoms with E-state index in [1.165, 1.54) is 0 Å². The van der Waals surface area contributed by atoms with E-state index in [1.807, 2.05) is 13.0 Å². The predicted octanol–water partition coefficient (Wildman–Crippen LogP) is 1.76. The number of aryl methyl sites for hydroxylation is 1. The van der Waals surface area contributed by atoms with Gasteiger partial charge in [-0.3, -0.25) is 14.6 Å². The molecule has 2 aromatic rings. The van der Waals surface area contributed by atoms with Gasteiger partial charge < -0.3 is 19.3 Å². The van der Waals surface area contributed by atoms with Crippen molar-refractivity contribution in [1.29, 1.82) is 0 Å². The van der Waals surface area contributed by atoms with E-state index in [1.54, 1.807) is 32.4 Å². The third-order valence-corrected chi connectivity index (χ3v) is 4.58. The van der Waals surface area contributed by atoms with Crippen molar-refractivity contribution in [3.05, 3.63) is 35.7 Å². The lowest BCUT2D eigenvalue weighted by atomic mass is 10.2. The van der Waals surface area contributed by atoms with Gasteiger partial charge in [-0.1, -0.05) is 5.16 Å². The number of amides is 1. The fraction of sp³-hybridized carbons (Fsp3) is 0.474. The zero-order valence-corrected chi connectivity index (χ0v) is 16.0. The molecule has 1 saturated heterocycles. The van der Waals surface area contributed by atoms with Gasteiger partial charge in [0, 0.05) is 44.9 Å². The first-order valence-corrected chi connectivity index (χ1v) is 8.96. The zero-order valence-electron chi connectivity index (χ0n) is 16.0. The molecule has 1 fully saturated rings. The number of methoxy groups -OCH3 is 2. The molecule has 1 aliphatic heterocycles. The van der Waals surface area contributed by atoms with Crippen molar-refractivity contribution in [2.75, 3.05) is 52.3 Å². The van der Waals surface area contributed by atoms with Crippen LogP contribution < -0.4 is 14.8 Å². The SMILES string of the molecule is COc1ccc(OC)c(NC(=O)CN2CCN(Cc3cc(C)on3)CC2)c1. The maximum Gasteiger partial charge on any atom is 0.238 e. The second kappa shape index (κ2) is 8.88. The van der Waals surface area contributed by atoms with Crippen molar-refractivity contribution < 1.29 is 18.8 Å². The first-order chi connectivity index (χ1) is 13.1. The van der Waals surface area contributed by atoms with Gasteiger partial charge in [-0.15, -0.1) is 0 Å². The smallest absolute Gasteiger partial charge is 0.238 e. The fourth-order valence-electron chi connectivity index (χ4n) is 3.13. The van der Waals surface area contributed by atoms with Crippen LogP contribution in [0.1, 0.15) is 11.5 Å². The van der Waals surface area contributed by atoms with Crippen LogP contribution in [0.3, 0.4) is 0 Å². The van der Waals surface area contributed by atoms with Crippen LogP contribution in [0.2, 0.25) is 0 Å². The van der Waals surface area contributed by atoms with Crippen molar-refractivity contribution in [2.24, 2.45) is 0 Å². The van der Waals surface area contributed by atoms with E-state index >= 15 is 0 Å². The quantitative estimate of drug-likeness (QED) is 0.791. The van der Waals surface area contributed by atoms with Crippen molar-refractivity contribution in [1.82, 2.24) is 15.0 Å². The lowest BCUT2D eigenvalue weighted by Crippen LogP contribution is -2.48. The molecular weight excluding hydrogens is 348 g/mol. The number of ether oxygens (including phenoxy) is 2. The molecule has 0 unspecified atom stereocenters. The number of aromatic nitrogens is 1. The summed E-state index contributed by atoms with van der Waals surface area (Å²) >= 11 is 0. The lowest BCUT2D eigenvalue weighted by molar-refractivity contribution is -0.117. The lowest BCUT2D eigenvalue weighted by Gasteiger charge is -2.33. The molecular formula is C19H26N4O4. The summed E-state index contributed by atoms with van der Waals surface area (Å²) in [4.78, 5) is 16.9. The third kappa shape index (κ3) is 5.21. The van der Waals surface area contributed by atoms with Crippen LogP contribution in [0, 0.1) is 6.92 Å². The van der Waals surface area contributed by atoms with Crippen LogP contribution >= 0.6 is 0 Å². The van der Waals surface area contributed by atoms with Gasteiger partial charge in [0.15, 0.2) is 0 Å². The number of carbonyl (C=O) groups excluding carboxylic acids is 1. The highest BCUT2D eigenvalue weighted by molar-refractivity contribution is 5.94. The van der Waals surface area contributed by atoms with E-state index < -0.39 is 0 Å². The predicted molar refractivity (Wildman–Crippen MR) is 101 cm³/mol. The van der Waals surface area contributed by atoms with Crippen LogP contribution in [0.5, 0.6) is 11.5 Å². The molecule has 8 heteroatoms. The molecule has 3 rings (SSSR count). The Kier molecular flexibility index (Phi) is 6.31. The minimum Gasteiger partial charge on any atom is -0.497 e. The number of hydrogen-bond acceptors (Lipinski definition) is 7. The molecule has 2 heterocycles. The van der Waals surface area contributed by atoms with E-state index in [9.17, 15) is 4.79 Å². The number of anilines is 1. The molecule has 1 aromatic carbocycles. The number of nitrogens with one attached hydrogen (secondary N) is 1. The average Bonchev–Trinajstić information content (AvgIpc) is 3.08. The van der Waals surface area contributed by atoms with Crippen molar-refractivity contribution >= 4 is 11.6 Å². The van der Waals surface area contributed by atoms with Gasteiger partial charge in [0.2, 0.25) is 5.91 Å². The fourth-order valence-corrected chi connectivity index (χ4v) is 3.13. The van der Waals surface area contributed by atoms with Crippen LogP contribution in [-0.4, -0.2) is 67.8 Å². The summed E-state index contributed by atoms with van der Waals surface area (Å²) in [6.45, 7) is 6.46. The molecule has 8 nitrogen and oxygen atoms in total. The first-order valence-electron chi connectivity index (χ1n) is 8.96. The molecule has 0 atom stereocenters. The number of piperazine rings is 1. The Balaban J connectivity index is 1.48. The summed E-state index contributed by atoms with van der Waals surface area (Å²) in [5, 5.41) is 6.95. The Morgan fingerprint density at radius 1 is 1.15 bits per heavy atom. The van der Waals surface area contributed by atoms with Gasteiger partial charge in [0.1, 0.15) is 17.3 Å². The molecule has 1 aliphatic rings. The maximum atomic E-state index is 12.4. The van der Waals surface area contributed by atoms with Gasteiger partial charge in [0.25, 0.3) is 0 Å². The van der Waals surface area contributed by atoms with E-state index in [2.05, 4.69) is 20.3 Å². The Bertz CT molecular complexity index is 769. The molecule has 0 aliphatic carbocycles. The summed E-state index contributed by atoms with van der Waals surface area (Å²) in [5.41, 5.74) is 1.56. The Morgan fingerprint density at radius 3 is 2.52 bits per heavy atom. The van der Waals surface area contributed by atoms with E-state index in [0.29, 0.717) is 23.7 Å². The summed E-state index contributed by atoms with van der Waals surface area (Å²) in [6.07, 6.45) is 0. The number of nitrogens with zero attached hydrogens (tertiary/aromatic N) is 3.